The van der Waals surface area contributed by atoms with E-state index in [-0.39, 0.29) is 35.2 Å². The monoisotopic (exact) mass is 467 g/mol. The summed E-state index contributed by atoms with van der Waals surface area (Å²) in [7, 11) is -4.18. The summed E-state index contributed by atoms with van der Waals surface area (Å²) in [4.78, 5) is 29.2. The molecule has 0 aliphatic carbocycles. The minimum atomic E-state index is -4.18. The van der Waals surface area contributed by atoms with E-state index in [1.165, 1.54) is 22.7 Å². The summed E-state index contributed by atoms with van der Waals surface area (Å²) < 4.78 is 45.8. The van der Waals surface area contributed by atoms with Gasteiger partial charge in [0.2, 0.25) is 5.88 Å². The van der Waals surface area contributed by atoms with Gasteiger partial charge in [0.15, 0.2) is 4.96 Å². The van der Waals surface area contributed by atoms with Crippen molar-refractivity contribution in [3.05, 3.63) is 57.3 Å². The summed E-state index contributed by atoms with van der Waals surface area (Å²) in [5.74, 6) is -0.959. The van der Waals surface area contributed by atoms with E-state index in [0.29, 0.717) is 4.88 Å². The Morgan fingerprint density at radius 2 is 2.03 bits per heavy atom. The van der Waals surface area contributed by atoms with Crippen molar-refractivity contribution in [3.8, 4) is 5.88 Å². The maximum absolute atomic E-state index is 14.6. The number of benzene rings is 1. The predicted octanol–water partition coefficient (Wildman–Crippen LogP) is 2.64. The van der Waals surface area contributed by atoms with Crippen LogP contribution in [0.5, 0.6) is 5.88 Å². The van der Waals surface area contributed by atoms with Crippen molar-refractivity contribution >= 4 is 32.5 Å². The molecule has 1 amide bonds. The van der Waals surface area contributed by atoms with Crippen LogP contribution in [0.25, 0.3) is 4.96 Å². The molecule has 0 radical (unpaired) electrons. The molecule has 2 aromatic heterocycles. The molecule has 1 aromatic carbocycles. The highest BCUT2D eigenvalue weighted by Gasteiger charge is 2.34. The fourth-order valence-electron chi connectivity index (χ4n) is 3.38. The lowest BCUT2D eigenvalue weighted by Gasteiger charge is -2.32. The number of carboxylic acid groups (broad SMARTS) is 1. The quantitative estimate of drug-likeness (QED) is 0.586. The van der Waals surface area contributed by atoms with Gasteiger partial charge in [-0.2, -0.15) is 13.4 Å². The summed E-state index contributed by atoms with van der Waals surface area (Å²) in [5.41, 5.74) is 0.309. The maximum atomic E-state index is 14.6. The molecular weight excluding hydrogens is 449 g/mol. The van der Waals surface area contributed by atoms with E-state index < -0.39 is 33.9 Å². The maximum Gasteiger partial charge on any atom is 0.407 e. The van der Waals surface area contributed by atoms with Gasteiger partial charge in [0.05, 0.1) is 12.6 Å². The lowest BCUT2D eigenvalue weighted by Crippen LogP contribution is -2.43. The number of halogens is 1. The van der Waals surface area contributed by atoms with Crippen molar-refractivity contribution in [1.82, 2.24) is 14.3 Å². The Bertz CT molecular complexity index is 1300. The number of rotatable bonds is 4. The molecule has 1 aliphatic heterocycles. The first-order valence-corrected chi connectivity index (χ1v) is 11.5. The van der Waals surface area contributed by atoms with Crippen LogP contribution in [0.4, 0.5) is 9.18 Å². The number of alkyl halides is 1. The Kier molecular flexibility index (Phi) is 5.43. The van der Waals surface area contributed by atoms with Gasteiger partial charge in [0, 0.05) is 23.5 Å². The molecule has 3 heterocycles. The summed E-state index contributed by atoms with van der Waals surface area (Å²) in [6, 6.07) is 6.98. The first kappa shape index (κ1) is 21.2. The van der Waals surface area contributed by atoms with Crippen molar-refractivity contribution in [2.45, 2.75) is 30.3 Å². The molecule has 3 aromatic rings. The van der Waals surface area contributed by atoms with Crippen LogP contribution in [0.15, 0.2) is 46.2 Å². The molecule has 4 rings (SSSR count). The van der Waals surface area contributed by atoms with Gasteiger partial charge in [0.25, 0.3) is 5.56 Å². The van der Waals surface area contributed by atoms with Crippen molar-refractivity contribution < 1.29 is 26.9 Å². The molecule has 12 heteroatoms. The van der Waals surface area contributed by atoms with Gasteiger partial charge in [-0.15, -0.1) is 11.3 Å². The zero-order valence-corrected chi connectivity index (χ0v) is 17.9. The second-order valence-corrected chi connectivity index (χ2v) is 9.80. The average Bonchev–Trinajstić information content (AvgIpc) is 3.12. The Morgan fingerprint density at radius 3 is 2.68 bits per heavy atom. The molecule has 0 spiro atoms. The molecule has 31 heavy (non-hydrogen) atoms. The first-order valence-electron chi connectivity index (χ1n) is 9.30. The van der Waals surface area contributed by atoms with E-state index in [1.807, 2.05) is 6.92 Å². The summed E-state index contributed by atoms with van der Waals surface area (Å²) >= 11 is 1.04. The third-order valence-electron chi connectivity index (χ3n) is 5.04. The standard InChI is InChI=1S/C19H18FN3O6S2/c1-11-2-4-12(5-3-11)31(27,28)29-16-8-17(24)23-10-15(30-18(23)21-16)13-6-7-22(19(25)26)9-14(13)20/h2-5,8,10,13-14H,6-7,9H2,1H3,(H,25,26)/t13-,14-/m0/s1. The zero-order chi connectivity index (χ0) is 22.3. The van der Waals surface area contributed by atoms with Crippen molar-refractivity contribution in [2.24, 2.45) is 0 Å². The van der Waals surface area contributed by atoms with Gasteiger partial charge in [-0.1, -0.05) is 17.7 Å². The van der Waals surface area contributed by atoms with Crippen molar-refractivity contribution in [3.63, 3.8) is 0 Å². The third-order valence-corrected chi connectivity index (χ3v) is 7.40. The Balaban J connectivity index is 1.62. The van der Waals surface area contributed by atoms with Gasteiger partial charge in [-0.25, -0.2) is 9.18 Å². The number of hydrogen-bond acceptors (Lipinski definition) is 7. The number of amides is 1. The van der Waals surface area contributed by atoms with Gasteiger partial charge in [-0.3, -0.25) is 9.20 Å². The normalized spacial score (nSPS) is 19.5. The molecule has 9 nitrogen and oxygen atoms in total. The molecule has 1 fully saturated rings. The lowest BCUT2D eigenvalue weighted by atomic mass is 9.94. The molecule has 0 unspecified atom stereocenters. The van der Waals surface area contributed by atoms with Crippen LogP contribution in [0.3, 0.4) is 0 Å². The second kappa shape index (κ2) is 7.93. The highest BCUT2D eigenvalue weighted by molar-refractivity contribution is 7.87. The van der Waals surface area contributed by atoms with Gasteiger partial charge in [-0.05, 0) is 25.5 Å². The number of aryl methyl sites for hydroxylation is 1. The SMILES string of the molecule is Cc1ccc(S(=O)(=O)Oc2cc(=O)n3cc([C@H]4CCN(C(=O)O)C[C@@H]4F)sc3n2)cc1. The van der Waals surface area contributed by atoms with Crippen molar-refractivity contribution in [2.75, 3.05) is 13.1 Å². The molecule has 1 N–H and O–H groups in total. The third kappa shape index (κ3) is 4.26. The van der Waals surface area contributed by atoms with Crippen LogP contribution >= 0.6 is 11.3 Å². The van der Waals surface area contributed by atoms with E-state index in [0.717, 1.165) is 27.9 Å². The largest absolute Gasteiger partial charge is 0.465 e. The van der Waals surface area contributed by atoms with Gasteiger partial charge in [0.1, 0.15) is 11.1 Å². The van der Waals surface area contributed by atoms with Crippen LogP contribution in [-0.4, -0.2) is 53.2 Å². The first-order chi connectivity index (χ1) is 14.6. The van der Waals surface area contributed by atoms with Crippen LogP contribution in [0.1, 0.15) is 22.8 Å². The van der Waals surface area contributed by atoms with Crippen molar-refractivity contribution in [1.29, 1.82) is 0 Å². The lowest BCUT2D eigenvalue weighted by molar-refractivity contribution is 0.0969. The number of hydrogen-bond donors (Lipinski definition) is 1. The number of carbonyl (C=O) groups is 1. The number of thiazole rings is 1. The Labute approximate surface area is 180 Å². The Hall–Kier alpha value is -2.99. The summed E-state index contributed by atoms with van der Waals surface area (Å²) in [6.45, 7) is 1.75. The molecule has 0 saturated carbocycles. The number of piperidine rings is 1. The molecule has 164 valence electrons. The fraction of sp³-hybridized carbons (Fsp3) is 0.316. The van der Waals surface area contributed by atoms with Gasteiger partial charge >= 0.3 is 16.2 Å². The molecule has 1 saturated heterocycles. The predicted molar refractivity (Wildman–Crippen MR) is 110 cm³/mol. The Morgan fingerprint density at radius 1 is 1.32 bits per heavy atom. The minimum Gasteiger partial charge on any atom is -0.465 e. The molecule has 0 bridgehead atoms. The van der Waals surface area contributed by atoms with Crippen LogP contribution < -0.4 is 9.74 Å². The molecular formula is C19H18FN3O6S2. The summed E-state index contributed by atoms with van der Waals surface area (Å²) in [6.07, 6.45) is -0.875. The molecule has 1 aliphatic rings. The van der Waals surface area contributed by atoms with Gasteiger partial charge < -0.3 is 14.2 Å². The zero-order valence-electron chi connectivity index (χ0n) is 16.3. The van der Waals surface area contributed by atoms with Crippen LogP contribution in [0, 0.1) is 6.92 Å². The number of nitrogens with zero attached hydrogens (tertiary/aromatic N) is 3. The highest BCUT2D eigenvalue weighted by Crippen LogP contribution is 2.34. The highest BCUT2D eigenvalue weighted by atomic mass is 32.2. The average molecular weight is 468 g/mol. The van der Waals surface area contributed by atoms with Crippen LogP contribution in [-0.2, 0) is 10.1 Å². The van der Waals surface area contributed by atoms with E-state index >= 15 is 0 Å². The number of likely N-dealkylation sites (tertiary alicyclic amines) is 1. The van der Waals surface area contributed by atoms with E-state index in [1.54, 1.807) is 12.1 Å². The topological polar surface area (TPSA) is 118 Å². The van der Waals surface area contributed by atoms with E-state index in [4.69, 9.17) is 9.29 Å². The molecule has 2 atom stereocenters. The van der Waals surface area contributed by atoms with E-state index in [2.05, 4.69) is 4.98 Å². The smallest absolute Gasteiger partial charge is 0.407 e. The second-order valence-electron chi connectivity index (χ2n) is 7.21. The minimum absolute atomic E-state index is 0.0718. The number of aromatic nitrogens is 2. The van der Waals surface area contributed by atoms with E-state index in [9.17, 15) is 22.4 Å². The fourth-order valence-corrected chi connectivity index (χ4v) is 5.42. The van der Waals surface area contributed by atoms with Crippen LogP contribution in [0.2, 0.25) is 0 Å². The summed E-state index contributed by atoms with van der Waals surface area (Å²) in [5, 5.41) is 9.03. The number of fused-ring (bicyclic) bond motifs is 1.